The van der Waals surface area contributed by atoms with Crippen molar-refractivity contribution in [2.24, 2.45) is 5.73 Å². The Morgan fingerprint density at radius 1 is 1.60 bits per heavy atom. The third-order valence-electron chi connectivity index (χ3n) is 1.94. The van der Waals surface area contributed by atoms with Gasteiger partial charge < -0.3 is 10.5 Å². The molecule has 0 aliphatic rings. The highest BCUT2D eigenvalue weighted by Gasteiger charge is 2.21. The summed E-state index contributed by atoms with van der Waals surface area (Å²) < 4.78 is 18.7. The number of hydrogen-bond acceptors (Lipinski definition) is 3. The normalized spacial score (nSPS) is 12.3. The molecule has 82 valence electrons. The fraction of sp³-hybridized carbons (Fsp3) is 0.300. The minimum absolute atomic E-state index is 0.0654. The number of Topliss-reactive ketones (excluding diaryl/α,β-unsaturated/α-hetero) is 1. The molecule has 1 rings (SSSR count). The molecule has 0 heterocycles. The number of hydrogen-bond donors (Lipinski definition) is 1. The summed E-state index contributed by atoms with van der Waals surface area (Å²) in [6.07, 6.45) is 0. The third kappa shape index (κ3) is 2.35. The number of methoxy groups -OCH3 is 1. The van der Waals surface area contributed by atoms with Gasteiger partial charge in [-0.05, 0) is 35.0 Å². The summed E-state index contributed by atoms with van der Waals surface area (Å²) in [4.78, 5) is 11.6. The van der Waals surface area contributed by atoms with E-state index >= 15 is 0 Å². The fourth-order valence-corrected chi connectivity index (χ4v) is 1.82. The lowest BCUT2D eigenvalue weighted by Crippen LogP contribution is -2.27. The first-order chi connectivity index (χ1) is 6.99. The molecule has 3 nitrogen and oxygen atoms in total. The first kappa shape index (κ1) is 12.1. The van der Waals surface area contributed by atoms with Crippen LogP contribution in [0.2, 0.25) is 0 Å². The van der Waals surface area contributed by atoms with Crippen LogP contribution in [-0.4, -0.2) is 18.9 Å². The Kier molecular flexibility index (Phi) is 3.82. The Morgan fingerprint density at radius 2 is 2.20 bits per heavy atom. The molecule has 1 aromatic carbocycles. The van der Waals surface area contributed by atoms with Gasteiger partial charge in [-0.1, -0.05) is 0 Å². The van der Waals surface area contributed by atoms with Gasteiger partial charge in [-0.3, -0.25) is 4.79 Å². The van der Waals surface area contributed by atoms with Crippen molar-refractivity contribution in [3.8, 4) is 5.75 Å². The van der Waals surface area contributed by atoms with Crippen LogP contribution in [0.25, 0.3) is 0 Å². The van der Waals surface area contributed by atoms with Crippen molar-refractivity contribution in [1.82, 2.24) is 0 Å². The van der Waals surface area contributed by atoms with Crippen LogP contribution in [-0.2, 0) is 0 Å². The van der Waals surface area contributed by atoms with E-state index in [-0.39, 0.29) is 5.56 Å². The smallest absolute Gasteiger partial charge is 0.183 e. The van der Waals surface area contributed by atoms with Gasteiger partial charge in [-0.25, -0.2) is 4.39 Å². The molecule has 0 aromatic heterocycles. The van der Waals surface area contributed by atoms with Crippen molar-refractivity contribution in [3.63, 3.8) is 0 Å². The molecule has 5 heteroatoms. The fourth-order valence-electron chi connectivity index (χ4n) is 1.14. The van der Waals surface area contributed by atoms with E-state index in [2.05, 4.69) is 15.9 Å². The van der Waals surface area contributed by atoms with E-state index in [1.807, 2.05) is 0 Å². The largest absolute Gasteiger partial charge is 0.496 e. The topological polar surface area (TPSA) is 52.3 Å². The summed E-state index contributed by atoms with van der Waals surface area (Å²) in [5.74, 6) is -0.663. The SMILES string of the molecule is COc1ccc(F)c(C(=O)C(C)N)c1Br. The van der Waals surface area contributed by atoms with Crippen LogP contribution in [0.4, 0.5) is 4.39 Å². The van der Waals surface area contributed by atoms with Gasteiger partial charge in [0, 0.05) is 0 Å². The highest BCUT2D eigenvalue weighted by molar-refractivity contribution is 9.10. The van der Waals surface area contributed by atoms with Crippen molar-refractivity contribution < 1.29 is 13.9 Å². The molecule has 1 unspecified atom stereocenters. The molecule has 0 fully saturated rings. The second-order valence-corrected chi connectivity index (χ2v) is 3.88. The summed E-state index contributed by atoms with van der Waals surface area (Å²) in [6, 6.07) is 1.87. The molecule has 0 radical (unpaired) electrons. The zero-order chi connectivity index (χ0) is 11.6. The monoisotopic (exact) mass is 275 g/mol. The van der Waals surface area contributed by atoms with E-state index in [4.69, 9.17) is 10.5 Å². The number of carbonyl (C=O) groups is 1. The Morgan fingerprint density at radius 3 is 2.67 bits per heavy atom. The second kappa shape index (κ2) is 4.72. The van der Waals surface area contributed by atoms with E-state index < -0.39 is 17.6 Å². The average Bonchev–Trinajstić information content (AvgIpc) is 2.17. The molecule has 1 atom stereocenters. The van der Waals surface area contributed by atoms with E-state index in [0.29, 0.717) is 10.2 Å². The predicted molar refractivity (Wildman–Crippen MR) is 58.6 cm³/mol. The quantitative estimate of drug-likeness (QED) is 0.860. The number of ketones is 1. The lowest BCUT2D eigenvalue weighted by atomic mass is 10.1. The maximum atomic E-state index is 13.4. The summed E-state index contributed by atoms with van der Waals surface area (Å²) in [7, 11) is 1.44. The Bertz CT molecular complexity index is 393. The summed E-state index contributed by atoms with van der Waals surface area (Å²) in [5, 5.41) is 0. The zero-order valence-electron chi connectivity index (χ0n) is 8.38. The van der Waals surface area contributed by atoms with Gasteiger partial charge in [0.25, 0.3) is 0 Å². The first-order valence-electron chi connectivity index (χ1n) is 4.30. The molecule has 0 aliphatic carbocycles. The number of nitrogens with two attached hydrogens (primary N) is 1. The van der Waals surface area contributed by atoms with Crippen molar-refractivity contribution in [2.45, 2.75) is 13.0 Å². The highest BCUT2D eigenvalue weighted by atomic mass is 79.9. The van der Waals surface area contributed by atoms with Gasteiger partial charge in [0.15, 0.2) is 5.78 Å². The molecule has 0 saturated heterocycles. The third-order valence-corrected chi connectivity index (χ3v) is 2.72. The molecule has 2 N–H and O–H groups in total. The molecule has 0 saturated carbocycles. The van der Waals surface area contributed by atoms with E-state index in [1.165, 1.54) is 26.2 Å². The number of benzene rings is 1. The van der Waals surface area contributed by atoms with Crippen LogP contribution >= 0.6 is 15.9 Å². The van der Waals surface area contributed by atoms with Gasteiger partial charge >= 0.3 is 0 Å². The summed E-state index contributed by atoms with van der Waals surface area (Å²) >= 11 is 3.12. The zero-order valence-corrected chi connectivity index (χ0v) is 9.97. The number of carbonyl (C=O) groups excluding carboxylic acids is 1. The average molecular weight is 276 g/mol. The standard InChI is InChI=1S/C10H11BrFNO2/c1-5(13)10(14)8-6(12)3-4-7(15-2)9(8)11/h3-5H,13H2,1-2H3. The minimum atomic E-state index is -0.747. The first-order valence-corrected chi connectivity index (χ1v) is 5.10. The van der Waals surface area contributed by atoms with Crippen molar-refractivity contribution in [3.05, 3.63) is 28.0 Å². The van der Waals surface area contributed by atoms with Crippen LogP contribution in [0.15, 0.2) is 16.6 Å². The number of ether oxygens (including phenoxy) is 1. The molecule has 15 heavy (non-hydrogen) atoms. The molecule has 0 spiro atoms. The minimum Gasteiger partial charge on any atom is -0.496 e. The Balaban J connectivity index is 3.33. The lowest BCUT2D eigenvalue weighted by Gasteiger charge is -2.10. The molecule has 0 amide bonds. The van der Waals surface area contributed by atoms with Crippen LogP contribution in [0, 0.1) is 5.82 Å². The van der Waals surface area contributed by atoms with Crippen LogP contribution < -0.4 is 10.5 Å². The molecule has 1 aromatic rings. The second-order valence-electron chi connectivity index (χ2n) is 3.09. The highest BCUT2D eigenvalue weighted by Crippen LogP contribution is 2.31. The van der Waals surface area contributed by atoms with Crippen LogP contribution in [0.3, 0.4) is 0 Å². The molecular weight excluding hydrogens is 265 g/mol. The van der Waals surface area contributed by atoms with Gasteiger partial charge in [0.05, 0.1) is 23.2 Å². The van der Waals surface area contributed by atoms with Gasteiger partial charge in [0.2, 0.25) is 0 Å². The maximum Gasteiger partial charge on any atom is 0.183 e. The van der Waals surface area contributed by atoms with Gasteiger partial charge in [-0.15, -0.1) is 0 Å². The molecule has 0 aliphatic heterocycles. The van der Waals surface area contributed by atoms with Crippen molar-refractivity contribution in [1.29, 1.82) is 0 Å². The van der Waals surface area contributed by atoms with Crippen molar-refractivity contribution in [2.75, 3.05) is 7.11 Å². The Labute approximate surface area is 95.5 Å². The van der Waals surface area contributed by atoms with Crippen molar-refractivity contribution >= 4 is 21.7 Å². The van der Waals surface area contributed by atoms with Crippen LogP contribution in [0.1, 0.15) is 17.3 Å². The Hall–Kier alpha value is -0.940. The lowest BCUT2D eigenvalue weighted by molar-refractivity contribution is 0.0962. The summed E-state index contributed by atoms with van der Waals surface area (Å²) in [6.45, 7) is 1.51. The molecular formula is C10H11BrFNO2. The maximum absolute atomic E-state index is 13.4. The predicted octanol–water partition coefficient (Wildman–Crippen LogP) is 2.13. The van der Waals surface area contributed by atoms with E-state index in [1.54, 1.807) is 0 Å². The number of rotatable bonds is 3. The van der Waals surface area contributed by atoms with Gasteiger partial charge in [0.1, 0.15) is 11.6 Å². The number of halogens is 2. The van der Waals surface area contributed by atoms with Crippen LogP contribution in [0.5, 0.6) is 5.75 Å². The van der Waals surface area contributed by atoms with E-state index in [0.717, 1.165) is 0 Å². The van der Waals surface area contributed by atoms with E-state index in [9.17, 15) is 9.18 Å². The van der Waals surface area contributed by atoms with Gasteiger partial charge in [-0.2, -0.15) is 0 Å². The summed E-state index contributed by atoms with van der Waals surface area (Å²) in [5.41, 5.74) is 5.35. The molecule has 0 bridgehead atoms.